The zero-order valence-electron chi connectivity index (χ0n) is 20.1. The molecule has 0 spiro atoms. The van der Waals surface area contributed by atoms with Crippen LogP contribution in [-0.4, -0.2) is 84.2 Å². The van der Waals surface area contributed by atoms with E-state index in [1.54, 1.807) is 23.1 Å². The van der Waals surface area contributed by atoms with Crippen molar-refractivity contribution in [3.05, 3.63) is 59.7 Å². The summed E-state index contributed by atoms with van der Waals surface area (Å²) < 4.78 is 28.1. The summed E-state index contributed by atoms with van der Waals surface area (Å²) in [6.45, 7) is 6.79. The number of nitrogens with zero attached hydrogens (tertiary/aromatic N) is 4. The number of carbonyl (C=O) groups excluding carboxylic acids is 2. The molecule has 1 atom stereocenters. The molecule has 4 rings (SSSR count). The van der Waals surface area contributed by atoms with Crippen LogP contribution in [0, 0.1) is 13.8 Å². The predicted octanol–water partition coefficient (Wildman–Crippen LogP) is 3.27. The fourth-order valence-corrected chi connectivity index (χ4v) is 6.41. The minimum absolute atomic E-state index is 0.0532. The number of alkyl halides is 1. The van der Waals surface area contributed by atoms with Gasteiger partial charge in [0.1, 0.15) is 6.04 Å². The van der Waals surface area contributed by atoms with Gasteiger partial charge in [-0.25, -0.2) is 17.5 Å². The van der Waals surface area contributed by atoms with E-state index in [1.165, 1.54) is 33.8 Å². The van der Waals surface area contributed by atoms with E-state index in [-0.39, 0.29) is 17.3 Å². The van der Waals surface area contributed by atoms with Gasteiger partial charge in [0.15, 0.2) is 0 Å². The standard InChI is InChI=1S/C25H31IN4O4S/c1-19-9-10-20(2)22(17-19)27-13-15-28(16-14-27)24(31)23-18-30(25(32)29(23)12-6-11-26)35(33,34)21-7-4-3-5-8-21/h3-5,7-10,17,23H,6,11-16,18H2,1-2H3. The van der Waals surface area contributed by atoms with E-state index < -0.39 is 22.1 Å². The molecule has 0 saturated carbocycles. The van der Waals surface area contributed by atoms with Gasteiger partial charge in [0, 0.05) is 42.8 Å². The van der Waals surface area contributed by atoms with Crippen molar-refractivity contribution < 1.29 is 18.0 Å². The molecule has 2 fully saturated rings. The molecule has 1 unspecified atom stereocenters. The van der Waals surface area contributed by atoms with E-state index in [2.05, 4.69) is 59.5 Å². The van der Waals surface area contributed by atoms with Crippen LogP contribution in [0.5, 0.6) is 0 Å². The second-order valence-corrected chi connectivity index (χ2v) is 11.9. The fourth-order valence-electron chi connectivity index (χ4n) is 4.66. The summed E-state index contributed by atoms with van der Waals surface area (Å²) >= 11 is 2.22. The highest BCUT2D eigenvalue weighted by atomic mass is 127. The lowest BCUT2D eigenvalue weighted by atomic mass is 10.1. The topological polar surface area (TPSA) is 81.2 Å². The summed E-state index contributed by atoms with van der Waals surface area (Å²) in [5, 5.41) is 0. The van der Waals surface area contributed by atoms with Crippen LogP contribution in [0.25, 0.3) is 0 Å². The summed E-state index contributed by atoms with van der Waals surface area (Å²) in [4.78, 5) is 32.4. The number of benzene rings is 2. The van der Waals surface area contributed by atoms with Crippen LogP contribution < -0.4 is 4.90 Å². The summed E-state index contributed by atoms with van der Waals surface area (Å²) in [5.41, 5.74) is 3.57. The Hall–Kier alpha value is -2.34. The van der Waals surface area contributed by atoms with E-state index in [9.17, 15) is 18.0 Å². The van der Waals surface area contributed by atoms with Crippen molar-refractivity contribution in [3.63, 3.8) is 0 Å². The van der Waals surface area contributed by atoms with E-state index in [0.717, 1.165) is 8.73 Å². The first-order chi connectivity index (χ1) is 16.7. The molecular weight excluding hydrogens is 579 g/mol. The zero-order chi connectivity index (χ0) is 25.2. The van der Waals surface area contributed by atoms with Crippen LogP contribution in [0.1, 0.15) is 17.5 Å². The first kappa shape index (κ1) is 25.7. The Balaban J connectivity index is 1.51. The number of hydrogen-bond donors (Lipinski definition) is 0. The minimum atomic E-state index is -4.04. The third-order valence-corrected chi connectivity index (χ3v) is 9.14. The van der Waals surface area contributed by atoms with Gasteiger partial charge < -0.3 is 14.7 Å². The first-order valence-corrected chi connectivity index (χ1v) is 14.8. The number of anilines is 1. The molecule has 2 saturated heterocycles. The molecule has 2 aromatic carbocycles. The molecule has 0 N–H and O–H groups in total. The van der Waals surface area contributed by atoms with Crippen LogP contribution in [0.2, 0.25) is 0 Å². The van der Waals surface area contributed by atoms with Gasteiger partial charge in [0.2, 0.25) is 5.91 Å². The summed E-state index contributed by atoms with van der Waals surface area (Å²) in [6, 6.07) is 12.9. The Kier molecular flexibility index (Phi) is 7.89. The number of aryl methyl sites for hydroxylation is 2. The quantitative estimate of drug-likeness (QED) is 0.355. The fraction of sp³-hybridized carbons (Fsp3) is 0.440. The third kappa shape index (κ3) is 5.28. The van der Waals surface area contributed by atoms with Gasteiger partial charge in [-0.3, -0.25) is 4.79 Å². The maximum atomic E-state index is 13.6. The first-order valence-electron chi connectivity index (χ1n) is 11.8. The average molecular weight is 611 g/mol. The van der Waals surface area contributed by atoms with Gasteiger partial charge >= 0.3 is 6.03 Å². The zero-order valence-corrected chi connectivity index (χ0v) is 23.0. The van der Waals surface area contributed by atoms with Gasteiger partial charge in [-0.15, -0.1) is 0 Å². The maximum absolute atomic E-state index is 13.6. The van der Waals surface area contributed by atoms with Gasteiger partial charge in [-0.05, 0) is 49.6 Å². The highest BCUT2D eigenvalue weighted by Gasteiger charge is 2.48. The number of carbonyl (C=O) groups is 2. The molecule has 2 aliphatic heterocycles. The lowest BCUT2D eigenvalue weighted by Gasteiger charge is -2.38. The van der Waals surface area contributed by atoms with Crippen LogP contribution in [-0.2, 0) is 14.8 Å². The Morgan fingerprint density at radius 1 is 1.03 bits per heavy atom. The molecule has 3 amide bonds. The van der Waals surface area contributed by atoms with Gasteiger partial charge in [0.05, 0.1) is 11.4 Å². The van der Waals surface area contributed by atoms with Crippen molar-refractivity contribution in [2.75, 3.05) is 48.6 Å². The number of amides is 3. The van der Waals surface area contributed by atoms with Crippen molar-refractivity contribution in [3.8, 4) is 0 Å². The summed E-state index contributed by atoms with van der Waals surface area (Å²) in [7, 11) is -4.04. The monoisotopic (exact) mass is 610 g/mol. The molecule has 10 heteroatoms. The molecule has 0 bridgehead atoms. The SMILES string of the molecule is Cc1ccc(C)c(N2CCN(C(=O)C3CN(S(=O)(=O)c4ccccc4)C(=O)N3CCCI)CC2)c1. The average Bonchev–Trinajstić information content (AvgIpc) is 3.21. The minimum Gasteiger partial charge on any atom is -0.368 e. The molecule has 0 aliphatic carbocycles. The number of hydrogen-bond acceptors (Lipinski definition) is 5. The summed E-state index contributed by atoms with van der Waals surface area (Å²) in [5.74, 6) is -0.182. The molecule has 2 aliphatic rings. The van der Waals surface area contributed by atoms with E-state index >= 15 is 0 Å². The second-order valence-electron chi connectivity index (χ2n) is 8.99. The molecule has 8 nitrogen and oxygen atoms in total. The lowest BCUT2D eigenvalue weighted by molar-refractivity contribution is -0.135. The Morgan fingerprint density at radius 2 is 1.71 bits per heavy atom. The van der Waals surface area contributed by atoms with E-state index in [4.69, 9.17) is 0 Å². The Bertz CT molecular complexity index is 1180. The largest absolute Gasteiger partial charge is 0.368 e. The van der Waals surface area contributed by atoms with Crippen LogP contribution in [0.15, 0.2) is 53.4 Å². The summed E-state index contributed by atoms with van der Waals surface area (Å²) in [6.07, 6.45) is 0.690. The molecule has 35 heavy (non-hydrogen) atoms. The van der Waals surface area contributed by atoms with Crippen molar-refractivity contribution in [1.82, 2.24) is 14.1 Å². The van der Waals surface area contributed by atoms with Crippen LogP contribution in [0.3, 0.4) is 0 Å². The van der Waals surface area contributed by atoms with Crippen LogP contribution >= 0.6 is 22.6 Å². The van der Waals surface area contributed by atoms with Gasteiger partial charge in [-0.2, -0.15) is 0 Å². The van der Waals surface area contributed by atoms with Crippen molar-refractivity contribution in [2.45, 2.75) is 31.2 Å². The lowest BCUT2D eigenvalue weighted by Crippen LogP contribution is -2.55. The van der Waals surface area contributed by atoms with Crippen molar-refractivity contribution in [2.24, 2.45) is 0 Å². The number of sulfonamides is 1. The van der Waals surface area contributed by atoms with Crippen molar-refractivity contribution in [1.29, 1.82) is 0 Å². The molecule has 2 heterocycles. The highest BCUT2D eigenvalue weighted by molar-refractivity contribution is 14.1. The smallest absolute Gasteiger partial charge is 0.334 e. The number of piperazine rings is 1. The molecule has 0 aromatic heterocycles. The molecular formula is C25H31IN4O4S. The number of urea groups is 1. The molecule has 188 valence electrons. The van der Waals surface area contributed by atoms with Crippen molar-refractivity contribution >= 4 is 50.2 Å². The number of rotatable bonds is 7. The molecule has 0 radical (unpaired) electrons. The third-order valence-electron chi connectivity index (χ3n) is 6.62. The van der Waals surface area contributed by atoms with Gasteiger partial charge in [0.25, 0.3) is 10.0 Å². The second kappa shape index (κ2) is 10.7. The molecule has 2 aromatic rings. The Labute approximate surface area is 221 Å². The number of halogens is 1. The highest BCUT2D eigenvalue weighted by Crippen LogP contribution is 2.27. The van der Waals surface area contributed by atoms with Gasteiger partial charge in [-0.1, -0.05) is 52.9 Å². The van der Waals surface area contributed by atoms with E-state index in [1.807, 2.05) is 0 Å². The van der Waals surface area contributed by atoms with E-state index in [0.29, 0.717) is 39.1 Å². The maximum Gasteiger partial charge on any atom is 0.334 e. The predicted molar refractivity (Wildman–Crippen MR) is 144 cm³/mol. The van der Waals surface area contributed by atoms with Crippen LogP contribution in [0.4, 0.5) is 10.5 Å². The normalized spacial score (nSPS) is 18.9. The Morgan fingerprint density at radius 3 is 2.37 bits per heavy atom.